The number of nitrogens with one attached hydrogen (secondary N) is 1. The fourth-order valence-corrected chi connectivity index (χ4v) is 3.46. The fraction of sp³-hybridized carbons (Fsp3) is 1.00. The molecule has 2 aliphatic rings. The maximum Gasteiger partial charge on any atom is 0.0198 e. The first-order valence-corrected chi connectivity index (χ1v) is 8.57. The molecule has 0 aromatic rings. The molecule has 1 aliphatic carbocycles. The van der Waals surface area contributed by atoms with Gasteiger partial charge in [0.2, 0.25) is 0 Å². The van der Waals surface area contributed by atoms with E-state index in [4.69, 9.17) is 0 Å². The van der Waals surface area contributed by atoms with Gasteiger partial charge in [-0.15, -0.1) is 0 Å². The monoisotopic (exact) mass is 266 g/mol. The molecule has 1 saturated heterocycles. The molecule has 1 atom stereocenters. The van der Waals surface area contributed by atoms with E-state index in [1.807, 2.05) is 0 Å². The van der Waals surface area contributed by atoms with E-state index < -0.39 is 0 Å². The lowest BCUT2D eigenvalue weighted by Crippen LogP contribution is -2.48. The van der Waals surface area contributed by atoms with Gasteiger partial charge in [0.1, 0.15) is 0 Å². The van der Waals surface area contributed by atoms with E-state index in [0.717, 1.165) is 12.1 Å². The molecule has 2 rings (SSSR count). The van der Waals surface area contributed by atoms with Crippen LogP contribution in [0.5, 0.6) is 0 Å². The van der Waals surface area contributed by atoms with Crippen LogP contribution in [0.2, 0.25) is 0 Å². The summed E-state index contributed by atoms with van der Waals surface area (Å²) in [5.74, 6) is 0. The highest BCUT2D eigenvalue weighted by molar-refractivity contribution is 4.89. The van der Waals surface area contributed by atoms with Gasteiger partial charge in [-0.25, -0.2) is 0 Å². The molecular formula is C17H34N2. The molecule has 19 heavy (non-hydrogen) atoms. The maximum absolute atomic E-state index is 3.82. The lowest BCUT2D eigenvalue weighted by atomic mass is 9.85. The normalized spacial score (nSPS) is 25.7. The minimum Gasteiger partial charge on any atom is -0.310 e. The SMILES string of the molecule is CCCCCC(C)(C)CN1CCCC(NC2CC2)C1. The third-order valence-electron chi connectivity index (χ3n) is 4.66. The van der Waals surface area contributed by atoms with Gasteiger partial charge in [-0.1, -0.05) is 40.0 Å². The number of nitrogens with zero attached hydrogens (tertiary/aromatic N) is 1. The molecule has 1 unspecified atom stereocenters. The molecular weight excluding hydrogens is 232 g/mol. The molecule has 1 saturated carbocycles. The lowest BCUT2D eigenvalue weighted by molar-refractivity contribution is 0.124. The zero-order valence-corrected chi connectivity index (χ0v) is 13.4. The van der Waals surface area contributed by atoms with E-state index in [9.17, 15) is 0 Å². The van der Waals surface area contributed by atoms with Crippen LogP contribution in [-0.4, -0.2) is 36.6 Å². The molecule has 1 heterocycles. The summed E-state index contributed by atoms with van der Waals surface area (Å²) in [6.45, 7) is 11.1. The quantitative estimate of drug-likeness (QED) is 0.672. The Labute approximate surface area is 120 Å². The van der Waals surface area contributed by atoms with Gasteiger partial charge in [-0.05, 0) is 44.1 Å². The van der Waals surface area contributed by atoms with Crippen molar-refractivity contribution in [2.75, 3.05) is 19.6 Å². The largest absolute Gasteiger partial charge is 0.310 e. The highest BCUT2D eigenvalue weighted by atomic mass is 15.2. The van der Waals surface area contributed by atoms with Crippen molar-refractivity contribution in [1.82, 2.24) is 10.2 Å². The molecule has 2 nitrogen and oxygen atoms in total. The number of likely N-dealkylation sites (tertiary alicyclic amines) is 1. The smallest absolute Gasteiger partial charge is 0.0198 e. The zero-order chi connectivity index (χ0) is 13.7. The van der Waals surface area contributed by atoms with Gasteiger partial charge in [-0.3, -0.25) is 0 Å². The van der Waals surface area contributed by atoms with Crippen molar-refractivity contribution in [3.63, 3.8) is 0 Å². The fourth-order valence-electron chi connectivity index (χ4n) is 3.46. The van der Waals surface area contributed by atoms with E-state index in [1.165, 1.54) is 71.0 Å². The summed E-state index contributed by atoms with van der Waals surface area (Å²) in [5.41, 5.74) is 0.497. The molecule has 0 spiro atoms. The van der Waals surface area contributed by atoms with Gasteiger partial charge in [0.15, 0.2) is 0 Å². The van der Waals surface area contributed by atoms with Gasteiger partial charge >= 0.3 is 0 Å². The van der Waals surface area contributed by atoms with Crippen LogP contribution in [0.25, 0.3) is 0 Å². The Bertz CT molecular complexity index is 258. The second-order valence-corrected chi connectivity index (χ2v) is 7.64. The Hall–Kier alpha value is -0.0800. The molecule has 0 aromatic heterocycles. The lowest BCUT2D eigenvalue weighted by Gasteiger charge is -2.38. The van der Waals surface area contributed by atoms with Crippen molar-refractivity contribution in [2.24, 2.45) is 5.41 Å². The molecule has 2 fully saturated rings. The molecule has 0 bridgehead atoms. The first-order valence-electron chi connectivity index (χ1n) is 8.57. The highest BCUT2D eigenvalue weighted by Gasteiger charge is 2.29. The first kappa shape index (κ1) is 15.3. The van der Waals surface area contributed by atoms with Crippen molar-refractivity contribution in [2.45, 2.75) is 84.2 Å². The van der Waals surface area contributed by atoms with Crippen LogP contribution in [0.1, 0.15) is 72.1 Å². The molecule has 0 amide bonds. The number of rotatable bonds is 8. The average Bonchev–Trinajstić information content (AvgIpc) is 3.13. The van der Waals surface area contributed by atoms with E-state index in [-0.39, 0.29) is 0 Å². The van der Waals surface area contributed by atoms with Crippen LogP contribution in [0.4, 0.5) is 0 Å². The summed E-state index contributed by atoms with van der Waals surface area (Å²) < 4.78 is 0. The predicted octanol–water partition coefficient (Wildman–Crippen LogP) is 3.81. The Morgan fingerprint density at radius 1 is 1.11 bits per heavy atom. The van der Waals surface area contributed by atoms with E-state index >= 15 is 0 Å². The molecule has 0 aromatic carbocycles. The molecule has 112 valence electrons. The second-order valence-electron chi connectivity index (χ2n) is 7.64. The first-order chi connectivity index (χ1) is 9.09. The number of piperidine rings is 1. The average molecular weight is 266 g/mol. The van der Waals surface area contributed by atoms with Gasteiger partial charge in [0.25, 0.3) is 0 Å². The summed E-state index contributed by atoms with van der Waals surface area (Å²) >= 11 is 0. The van der Waals surface area contributed by atoms with E-state index in [0.29, 0.717) is 5.41 Å². The minimum absolute atomic E-state index is 0.497. The summed E-state index contributed by atoms with van der Waals surface area (Å²) in [6.07, 6.45) is 11.1. The van der Waals surface area contributed by atoms with E-state index in [1.54, 1.807) is 0 Å². The van der Waals surface area contributed by atoms with Crippen LogP contribution < -0.4 is 5.32 Å². The Morgan fingerprint density at radius 2 is 1.89 bits per heavy atom. The van der Waals surface area contributed by atoms with Gasteiger partial charge in [0.05, 0.1) is 0 Å². The van der Waals surface area contributed by atoms with Crippen molar-refractivity contribution in [1.29, 1.82) is 0 Å². The van der Waals surface area contributed by atoms with E-state index in [2.05, 4.69) is 31.0 Å². The standard InChI is InChI=1S/C17H34N2/c1-4-5-6-11-17(2,3)14-19-12-7-8-16(13-19)18-15-9-10-15/h15-16,18H,4-14H2,1-3H3. The van der Waals surface area contributed by atoms with Crippen LogP contribution in [0, 0.1) is 5.41 Å². The minimum atomic E-state index is 0.497. The second kappa shape index (κ2) is 7.08. The van der Waals surface area contributed by atoms with Crippen LogP contribution in [-0.2, 0) is 0 Å². The summed E-state index contributed by atoms with van der Waals surface area (Å²) in [4.78, 5) is 2.72. The van der Waals surface area contributed by atoms with Crippen LogP contribution in [0.15, 0.2) is 0 Å². The zero-order valence-electron chi connectivity index (χ0n) is 13.4. The third kappa shape index (κ3) is 5.83. The maximum atomic E-state index is 3.82. The topological polar surface area (TPSA) is 15.3 Å². The van der Waals surface area contributed by atoms with Gasteiger partial charge < -0.3 is 10.2 Å². The Morgan fingerprint density at radius 3 is 2.58 bits per heavy atom. The highest BCUT2D eigenvalue weighted by Crippen LogP contribution is 2.27. The summed E-state index contributed by atoms with van der Waals surface area (Å²) in [5, 5.41) is 3.82. The third-order valence-corrected chi connectivity index (χ3v) is 4.66. The van der Waals surface area contributed by atoms with Gasteiger partial charge in [-0.2, -0.15) is 0 Å². The predicted molar refractivity (Wildman–Crippen MR) is 83.5 cm³/mol. The number of hydrogen-bond acceptors (Lipinski definition) is 2. The van der Waals surface area contributed by atoms with Crippen LogP contribution in [0.3, 0.4) is 0 Å². The van der Waals surface area contributed by atoms with Crippen molar-refractivity contribution < 1.29 is 0 Å². The molecule has 0 radical (unpaired) electrons. The Kier molecular flexibility index (Phi) is 5.70. The van der Waals surface area contributed by atoms with Crippen molar-refractivity contribution >= 4 is 0 Å². The van der Waals surface area contributed by atoms with Gasteiger partial charge in [0, 0.05) is 25.2 Å². The number of hydrogen-bond donors (Lipinski definition) is 1. The summed E-state index contributed by atoms with van der Waals surface area (Å²) in [7, 11) is 0. The number of unbranched alkanes of at least 4 members (excludes halogenated alkanes) is 2. The molecule has 1 N–H and O–H groups in total. The summed E-state index contributed by atoms with van der Waals surface area (Å²) in [6, 6.07) is 1.63. The molecule has 1 aliphatic heterocycles. The van der Waals surface area contributed by atoms with Crippen molar-refractivity contribution in [3.8, 4) is 0 Å². The van der Waals surface area contributed by atoms with Crippen LogP contribution >= 0.6 is 0 Å². The van der Waals surface area contributed by atoms with Crippen molar-refractivity contribution in [3.05, 3.63) is 0 Å². The molecule has 2 heteroatoms. The Balaban J connectivity index is 1.70.